The van der Waals surface area contributed by atoms with E-state index in [9.17, 15) is 0 Å². The molecule has 0 saturated carbocycles. The monoisotopic (exact) mass is 293 g/mol. The van der Waals surface area contributed by atoms with Crippen LogP contribution in [0.25, 0.3) is 0 Å². The van der Waals surface area contributed by atoms with Gasteiger partial charge in [0, 0.05) is 16.7 Å². The molecule has 20 heavy (non-hydrogen) atoms. The summed E-state index contributed by atoms with van der Waals surface area (Å²) in [6.07, 6.45) is 1.74. The third kappa shape index (κ3) is 2.37. The number of nitrogens with one attached hydrogen (secondary N) is 1. The molecule has 0 spiro atoms. The van der Waals surface area contributed by atoms with Gasteiger partial charge in [0.1, 0.15) is 19.0 Å². The highest BCUT2D eigenvalue weighted by molar-refractivity contribution is 6.31. The van der Waals surface area contributed by atoms with Gasteiger partial charge in [0.05, 0.1) is 12.3 Å². The summed E-state index contributed by atoms with van der Waals surface area (Å²) in [5.41, 5.74) is 1.97. The minimum Gasteiger partial charge on any atom is -0.486 e. The van der Waals surface area contributed by atoms with Gasteiger partial charge in [0.25, 0.3) is 0 Å². The molecule has 4 nitrogen and oxygen atoms in total. The first kappa shape index (κ1) is 13.3. The number of ether oxygens (including phenoxy) is 2. The van der Waals surface area contributed by atoms with Crippen molar-refractivity contribution in [2.45, 2.75) is 13.0 Å². The highest BCUT2D eigenvalue weighted by atomic mass is 35.5. The van der Waals surface area contributed by atoms with Crippen molar-refractivity contribution in [1.29, 1.82) is 0 Å². The topological polar surface area (TPSA) is 43.6 Å². The van der Waals surface area contributed by atoms with Crippen LogP contribution in [0.2, 0.25) is 5.02 Å². The first-order valence-electron chi connectivity index (χ1n) is 6.50. The molecule has 0 saturated heterocycles. The predicted molar refractivity (Wildman–Crippen MR) is 76.8 cm³/mol. The Bertz CT molecular complexity index is 624. The van der Waals surface area contributed by atoms with Crippen molar-refractivity contribution in [2.24, 2.45) is 0 Å². The molecule has 1 unspecified atom stereocenters. The fourth-order valence-electron chi connectivity index (χ4n) is 2.42. The molecule has 5 heteroatoms. The van der Waals surface area contributed by atoms with E-state index in [0.29, 0.717) is 24.0 Å². The normalized spacial score (nSPS) is 15.2. The molecule has 1 aliphatic rings. The number of aryl methyl sites for hydroxylation is 1. The van der Waals surface area contributed by atoms with Crippen molar-refractivity contribution >= 4 is 11.6 Å². The molecule has 0 bridgehead atoms. The summed E-state index contributed by atoms with van der Waals surface area (Å²) in [5, 5.41) is 3.90. The second-order valence-electron chi connectivity index (χ2n) is 4.73. The summed E-state index contributed by atoms with van der Waals surface area (Å²) >= 11 is 6.39. The van der Waals surface area contributed by atoms with Crippen LogP contribution in [0.4, 0.5) is 0 Å². The van der Waals surface area contributed by atoms with Gasteiger partial charge in [-0.1, -0.05) is 11.6 Å². The van der Waals surface area contributed by atoms with E-state index in [1.54, 1.807) is 6.26 Å². The van der Waals surface area contributed by atoms with E-state index in [2.05, 4.69) is 5.32 Å². The summed E-state index contributed by atoms with van der Waals surface area (Å²) in [6.45, 7) is 3.03. The Labute approximate surface area is 122 Å². The second-order valence-corrected chi connectivity index (χ2v) is 5.14. The first-order chi connectivity index (χ1) is 9.69. The largest absolute Gasteiger partial charge is 0.486 e. The van der Waals surface area contributed by atoms with Gasteiger partial charge in [-0.25, -0.2) is 0 Å². The molecule has 2 heterocycles. The number of benzene rings is 1. The van der Waals surface area contributed by atoms with E-state index in [1.165, 1.54) is 0 Å². The molecule has 0 amide bonds. The molecule has 1 aromatic heterocycles. The molecule has 3 rings (SSSR count). The minimum absolute atomic E-state index is 0.0456. The van der Waals surface area contributed by atoms with E-state index in [4.69, 9.17) is 25.5 Å². The predicted octanol–water partition coefficient (Wildman–Crippen LogP) is 3.32. The molecule has 1 aromatic carbocycles. The van der Waals surface area contributed by atoms with Crippen molar-refractivity contribution < 1.29 is 13.9 Å². The van der Waals surface area contributed by atoms with Crippen LogP contribution in [0.1, 0.15) is 22.9 Å². The maximum atomic E-state index is 6.39. The number of rotatable bonds is 3. The molecule has 0 radical (unpaired) electrons. The van der Waals surface area contributed by atoms with Gasteiger partial charge in [0.15, 0.2) is 11.5 Å². The van der Waals surface area contributed by atoms with Crippen LogP contribution in [0.3, 0.4) is 0 Å². The van der Waals surface area contributed by atoms with Crippen LogP contribution in [0, 0.1) is 6.92 Å². The minimum atomic E-state index is -0.0456. The quantitative estimate of drug-likeness (QED) is 0.943. The Hall–Kier alpha value is -1.65. The first-order valence-corrected chi connectivity index (χ1v) is 6.88. The van der Waals surface area contributed by atoms with Crippen LogP contribution >= 0.6 is 11.6 Å². The molecule has 0 fully saturated rings. The zero-order chi connectivity index (χ0) is 14.1. The van der Waals surface area contributed by atoms with Gasteiger partial charge in [0.2, 0.25) is 0 Å². The Balaban J connectivity index is 2.03. The zero-order valence-corrected chi connectivity index (χ0v) is 12.2. The van der Waals surface area contributed by atoms with Gasteiger partial charge in [-0.2, -0.15) is 0 Å². The number of halogens is 1. The maximum absolute atomic E-state index is 6.39. The summed E-state index contributed by atoms with van der Waals surface area (Å²) in [7, 11) is 1.89. The van der Waals surface area contributed by atoms with Gasteiger partial charge in [-0.05, 0) is 31.7 Å². The molecular weight excluding hydrogens is 278 g/mol. The van der Waals surface area contributed by atoms with E-state index in [1.807, 2.05) is 32.2 Å². The SMILES string of the molecule is CNC(c1coc(C)c1)c1cc2c(cc1Cl)OCCO2. The summed E-state index contributed by atoms with van der Waals surface area (Å²) < 4.78 is 16.5. The van der Waals surface area contributed by atoms with Crippen molar-refractivity contribution in [3.05, 3.63) is 46.4 Å². The molecule has 1 N–H and O–H groups in total. The van der Waals surface area contributed by atoms with E-state index in [0.717, 1.165) is 22.6 Å². The molecule has 1 aliphatic heterocycles. The summed E-state index contributed by atoms with van der Waals surface area (Å²) in [5.74, 6) is 2.30. The summed E-state index contributed by atoms with van der Waals surface area (Å²) in [6, 6.07) is 5.69. The van der Waals surface area contributed by atoms with Gasteiger partial charge >= 0.3 is 0 Å². The summed E-state index contributed by atoms with van der Waals surface area (Å²) in [4.78, 5) is 0. The Kier molecular flexibility index (Phi) is 3.59. The van der Waals surface area contributed by atoms with Crippen molar-refractivity contribution in [1.82, 2.24) is 5.32 Å². The van der Waals surface area contributed by atoms with Crippen LogP contribution < -0.4 is 14.8 Å². The van der Waals surface area contributed by atoms with Gasteiger partial charge in [-0.15, -0.1) is 0 Å². The van der Waals surface area contributed by atoms with Crippen LogP contribution in [-0.2, 0) is 0 Å². The van der Waals surface area contributed by atoms with Crippen LogP contribution in [0.15, 0.2) is 28.9 Å². The van der Waals surface area contributed by atoms with Crippen molar-refractivity contribution in [2.75, 3.05) is 20.3 Å². The van der Waals surface area contributed by atoms with Crippen LogP contribution in [-0.4, -0.2) is 20.3 Å². The van der Waals surface area contributed by atoms with E-state index >= 15 is 0 Å². The zero-order valence-electron chi connectivity index (χ0n) is 11.4. The lowest BCUT2D eigenvalue weighted by atomic mass is 10.0. The number of hydrogen-bond donors (Lipinski definition) is 1. The lowest BCUT2D eigenvalue weighted by molar-refractivity contribution is 0.171. The average Bonchev–Trinajstić information content (AvgIpc) is 2.86. The fourth-order valence-corrected chi connectivity index (χ4v) is 2.68. The van der Waals surface area contributed by atoms with Gasteiger partial charge < -0.3 is 19.2 Å². The Morgan fingerprint density at radius 2 is 1.85 bits per heavy atom. The lowest BCUT2D eigenvalue weighted by Gasteiger charge is -2.22. The standard InChI is InChI=1S/C15H16ClNO3/c1-9-5-10(8-20-9)15(17-2)11-6-13-14(7-12(11)16)19-4-3-18-13/h5-8,15,17H,3-4H2,1-2H3. The van der Waals surface area contributed by atoms with E-state index < -0.39 is 0 Å². The van der Waals surface area contributed by atoms with Crippen LogP contribution in [0.5, 0.6) is 11.5 Å². The number of fused-ring (bicyclic) bond motifs is 1. The average molecular weight is 294 g/mol. The molecule has 1 atom stereocenters. The number of furan rings is 1. The maximum Gasteiger partial charge on any atom is 0.162 e. The molecule has 106 valence electrons. The Morgan fingerprint density at radius 1 is 1.15 bits per heavy atom. The lowest BCUT2D eigenvalue weighted by Crippen LogP contribution is -2.19. The third-order valence-electron chi connectivity index (χ3n) is 3.35. The molecular formula is C15H16ClNO3. The molecule has 0 aliphatic carbocycles. The van der Waals surface area contributed by atoms with Crippen molar-refractivity contribution in [3.8, 4) is 11.5 Å². The molecule has 2 aromatic rings. The second kappa shape index (κ2) is 5.38. The third-order valence-corrected chi connectivity index (χ3v) is 3.67. The van der Waals surface area contributed by atoms with Gasteiger partial charge in [-0.3, -0.25) is 0 Å². The van der Waals surface area contributed by atoms with Crippen molar-refractivity contribution in [3.63, 3.8) is 0 Å². The highest BCUT2D eigenvalue weighted by Gasteiger charge is 2.22. The smallest absolute Gasteiger partial charge is 0.162 e. The van der Waals surface area contributed by atoms with E-state index in [-0.39, 0.29) is 6.04 Å². The Morgan fingerprint density at radius 3 is 2.45 bits per heavy atom. The number of hydrogen-bond acceptors (Lipinski definition) is 4. The highest BCUT2D eigenvalue weighted by Crippen LogP contribution is 2.39. The fraction of sp³-hybridized carbons (Fsp3) is 0.333.